The first kappa shape index (κ1) is 13.5. The third kappa shape index (κ3) is 2.56. The molecule has 0 bridgehead atoms. The van der Waals surface area contributed by atoms with Crippen molar-refractivity contribution < 1.29 is 18.0 Å². The summed E-state index contributed by atoms with van der Waals surface area (Å²) in [4.78, 5) is 12.0. The summed E-state index contributed by atoms with van der Waals surface area (Å²) < 4.78 is 37.6. The number of para-hydroxylation sites is 2. The Balaban J connectivity index is 1.89. The summed E-state index contributed by atoms with van der Waals surface area (Å²) in [6, 6.07) is 11.0. The topological polar surface area (TPSA) is 41.1 Å². The molecule has 1 amide bonds. The number of hydrogen-bond donors (Lipinski definition) is 2. The Morgan fingerprint density at radius 3 is 2.14 bits per heavy atom. The van der Waals surface area contributed by atoms with Crippen molar-refractivity contribution >= 4 is 17.3 Å². The van der Waals surface area contributed by atoms with Crippen molar-refractivity contribution in [3.05, 3.63) is 59.7 Å². The van der Waals surface area contributed by atoms with E-state index in [1.165, 1.54) is 12.1 Å². The number of halogens is 3. The molecule has 0 aromatic heterocycles. The van der Waals surface area contributed by atoms with E-state index in [4.69, 9.17) is 0 Å². The second-order valence-electron chi connectivity index (χ2n) is 4.73. The van der Waals surface area contributed by atoms with Crippen LogP contribution >= 0.6 is 0 Å². The van der Waals surface area contributed by atoms with Gasteiger partial charge in [0.15, 0.2) is 0 Å². The lowest BCUT2D eigenvalue weighted by Crippen LogP contribution is -2.31. The first-order valence-electron chi connectivity index (χ1n) is 6.29. The van der Waals surface area contributed by atoms with E-state index >= 15 is 0 Å². The van der Waals surface area contributed by atoms with Crippen molar-refractivity contribution in [1.82, 2.24) is 0 Å². The average molecular weight is 292 g/mol. The molecule has 1 atom stereocenters. The molecule has 0 saturated carbocycles. The Kier molecular flexibility index (Phi) is 3.08. The minimum absolute atomic E-state index is 0.298. The summed E-state index contributed by atoms with van der Waals surface area (Å²) in [5.41, 5.74) is 1.14. The molecule has 0 unspecified atom stereocenters. The Labute approximate surface area is 118 Å². The van der Waals surface area contributed by atoms with Crippen LogP contribution in [0.4, 0.5) is 24.5 Å². The molecule has 3 nitrogen and oxygen atoms in total. The second kappa shape index (κ2) is 4.80. The number of carbonyl (C=O) groups excluding carboxylic acids is 1. The van der Waals surface area contributed by atoms with Gasteiger partial charge in [-0.05, 0) is 29.8 Å². The molecular weight excluding hydrogens is 281 g/mol. The lowest BCUT2D eigenvalue weighted by atomic mass is 10.0. The van der Waals surface area contributed by atoms with Crippen LogP contribution < -0.4 is 10.6 Å². The van der Waals surface area contributed by atoms with Gasteiger partial charge >= 0.3 is 6.18 Å². The minimum atomic E-state index is -4.38. The number of benzene rings is 2. The number of nitrogens with one attached hydrogen (secondary N) is 2. The van der Waals surface area contributed by atoms with E-state index < -0.39 is 17.8 Å². The summed E-state index contributed by atoms with van der Waals surface area (Å²) in [7, 11) is 0. The van der Waals surface area contributed by atoms with Gasteiger partial charge in [0.05, 0.1) is 16.9 Å². The van der Waals surface area contributed by atoms with Gasteiger partial charge in [-0.3, -0.25) is 4.79 Å². The molecule has 0 radical (unpaired) electrons. The number of fused-ring (bicyclic) bond motifs is 1. The number of rotatable bonds is 1. The molecule has 3 rings (SSSR count). The van der Waals surface area contributed by atoms with E-state index in [1.54, 1.807) is 18.2 Å². The van der Waals surface area contributed by atoms with Crippen molar-refractivity contribution in [2.75, 3.05) is 10.6 Å². The van der Waals surface area contributed by atoms with E-state index in [9.17, 15) is 18.0 Å². The Bertz CT molecular complexity index is 680. The smallest absolute Gasteiger partial charge is 0.368 e. The molecule has 0 aliphatic carbocycles. The van der Waals surface area contributed by atoms with Crippen LogP contribution in [-0.4, -0.2) is 5.91 Å². The Morgan fingerprint density at radius 2 is 1.52 bits per heavy atom. The normalized spacial score (nSPS) is 17.7. The van der Waals surface area contributed by atoms with Crippen molar-refractivity contribution in [1.29, 1.82) is 0 Å². The highest BCUT2D eigenvalue weighted by Crippen LogP contribution is 2.34. The molecule has 108 valence electrons. The highest BCUT2D eigenvalue weighted by Gasteiger charge is 2.31. The van der Waals surface area contributed by atoms with Crippen LogP contribution in [0, 0.1) is 0 Å². The van der Waals surface area contributed by atoms with E-state index in [1.807, 2.05) is 6.07 Å². The Morgan fingerprint density at radius 1 is 0.905 bits per heavy atom. The molecule has 0 fully saturated rings. The molecule has 1 heterocycles. The molecule has 0 spiro atoms. The largest absolute Gasteiger partial charge is 0.416 e. The van der Waals surface area contributed by atoms with Gasteiger partial charge in [-0.15, -0.1) is 0 Å². The van der Waals surface area contributed by atoms with Crippen molar-refractivity contribution in [2.45, 2.75) is 12.2 Å². The zero-order chi connectivity index (χ0) is 15.0. The van der Waals surface area contributed by atoms with Gasteiger partial charge in [-0.25, -0.2) is 0 Å². The number of carbonyl (C=O) groups is 1. The van der Waals surface area contributed by atoms with Gasteiger partial charge in [0.1, 0.15) is 6.04 Å². The fraction of sp³-hybridized carbons (Fsp3) is 0.133. The second-order valence-corrected chi connectivity index (χ2v) is 4.73. The standard InChI is InChI=1S/C15H11F3N2O/c16-15(17,18)10-7-5-9(6-8-10)13-14(21)20-12-4-2-1-3-11(12)19-13/h1-8,13,19H,(H,20,21)/t13-/m0/s1. The SMILES string of the molecule is O=C1Nc2ccccc2N[C@H]1c1ccc(C(F)(F)F)cc1. The Hall–Kier alpha value is -2.50. The van der Waals surface area contributed by atoms with Crippen LogP contribution in [0.25, 0.3) is 0 Å². The fourth-order valence-electron chi connectivity index (χ4n) is 2.24. The summed E-state index contributed by atoms with van der Waals surface area (Å²) in [5, 5.41) is 5.76. The van der Waals surface area contributed by atoms with Gasteiger partial charge in [-0.1, -0.05) is 24.3 Å². The highest BCUT2D eigenvalue weighted by atomic mass is 19.4. The summed E-state index contributed by atoms with van der Waals surface area (Å²) >= 11 is 0. The molecule has 0 saturated heterocycles. The zero-order valence-electron chi connectivity index (χ0n) is 10.7. The molecule has 1 aliphatic rings. The molecular formula is C15H11F3N2O. The maximum Gasteiger partial charge on any atom is 0.416 e. The van der Waals surface area contributed by atoms with Crippen LogP contribution in [0.2, 0.25) is 0 Å². The van der Waals surface area contributed by atoms with Gasteiger partial charge in [0.2, 0.25) is 0 Å². The average Bonchev–Trinajstić information content (AvgIpc) is 2.46. The third-order valence-corrected chi connectivity index (χ3v) is 3.32. The van der Waals surface area contributed by atoms with Gasteiger partial charge in [-0.2, -0.15) is 13.2 Å². The van der Waals surface area contributed by atoms with E-state index in [0.717, 1.165) is 17.8 Å². The quantitative estimate of drug-likeness (QED) is 0.839. The molecule has 6 heteroatoms. The molecule has 2 aromatic rings. The summed E-state index contributed by atoms with van der Waals surface area (Å²) in [6.45, 7) is 0. The van der Waals surface area contributed by atoms with Crippen LogP contribution in [-0.2, 0) is 11.0 Å². The highest BCUT2D eigenvalue weighted by molar-refractivity contribution is 6.03. The van der Waals surface area contributed by atoms with E-state index in [2.05, 4.69) is 10.6 Å². The van der Waals surface area contributed by atoms with Crippen LogP contribution in [0.5, 0.6) is 0 Å². The van der Waals surface area contributed by atoms with E-state index in [0.29, 0.717) is 11.3 Å². The van der Waals surface area contributed by atoms with Crippen molar-refractivity contribution in [3.63, 3.8) is 0 Å². The number of hydrogen-bond acceptors (Lipinski definition) is 2. The van der Waals surface area contributed by atoms with Crippen molar-refractivity contribution in [3.8, 4) is 0 Å². The first-order valence-corrected chi connectivity index (χ1v) is 6.29. The summed E-state index contributed by atoms with van der Waals surface area (Å²) in [5.74, 6) is -0.298. The minimum Gasteiger partial charge on any atom is -0.368 e. The van der Waals surface area contributed by atoms with Gasteiger partial charge in [0.25, 0.3) is 5.91 Å². The molecule has 1 aliphatic heterocycles. The monoisotopic (exact) mass is 292 g/mol. The maximum atomic E-state index is 12.5. The predicted molar refractivity (Wildman–Crippen MR) is 72.9 cm³/mol. The zero-order valence-corrected chi connectivity index (χ0v) is 10.7. The fourth-order valence-corrected chi connectivity index (χ4v) is 2.24. The number of alkyl halides is 3. The predicted octanol–water partition coefficient (Wildman–Crippen LogP) is 3.81. The summed E-state index contributed by atoms with van der Waals surface area (Å²) in [6.07, 6.45) is -4.38. The van der Waals surface area contributed by atoms with Gasteiger partial charge < -0.3 is 10.6 Å². The lowest BCUT2D eigenvalue weighted by molar-refractivity contribution is -0.137. The van der Waals surface area contributed by atoms with Crippen LogP contribution in [0.15, 0.2) is 48.5 Å². The van der Waals surface area contributed by atoms with Crippen LogP contribution in [0.3, 0.4) is 0 Å². The number of anilines is 2. The van der Waals surface area contributed by atoms with Crippen molar-refractivity contribution in [2.24, 2.45) is 0 Å². The third-order valence-electron chi connectivity index (χ3n) is 3.32. The number of amides is 1. The van der Waals surface area contributed by atoms with Crippen LogP contribution in [0.1, 0.15) is 17.2 Å². The van der Waals surface area contributed by atoms with Gasteiger partial charge in [0, 0.05) is 0 Å². The first-order chi connectivity index (χ1) is 9.95. The molecule has 2 aromatic carbocycles. The van der Waals surface area contributed by atoms with E-state index in [-0.39, 0.29) is 5.91 Å². The lowest BCUT2D eigenvalue weighted by Gasteiger charge is -2.27. The molecule has 21 heavy (non-hydrogen) atoms. The molecule has 2 N–H and O–H groups in total. The maximum absolute atomic E-state index is 12.5.